The zero-order valence-electron chi connectivity index (χ0n) is 12.3. The van der Waals surface area contributed by atoms with Crippen LogP contribution in [-0.4, -0.2) is 48.3 Å². The van der Waals surface area contributed by atoms with Crippen LogP contribution in [0.25, 0.3) is 0 Å². The van der Waals surface area contributed by atoms with Crippen LogP contribution in [-0.2, 0) is 16.1 Å². The zero-order valence-corrected chi connectivity index (χ0v) is 13.0. The van der Waals surface area contributed by atoms with Gasteiger partial charge in [0, 0.05) is 24.2 Å². The molecule has 2 N–H and O–H groups in total. The second-order valence-corrected chi connectivity index (χ2v) is 5.36. The molecule has 0 bridgehead atoms. The molecule has 0 heterocycles. The number of benzene rings is 1. The molecule has 116 valence electrons. The summed E-state index contributed by atoms with van der Waals surface area (Å²) in [6, 6.07) is 3.82. The van der Waals surface area contributed by atoms with Gasteiger partial charge in [0.15, 0.2) is 0 Å². The highest BCUT2D eigenvalue weighted by atomic mass is 35.5. The number of amides is 2. The highest BCUT2D eigenvalue weighted by Crippen LogP contribution is 2.20. The Kier molecular flexibility index (Phi) is 6.11. The third-order valence-electron chi connectivity index (χ3n) is 3.26. The van der Waals surface area contributed by atoms with E-state index in [0.717, 1.165) is 0 Å². The van der Waals surface area contributed by atoms with Crippen molar-refractivity contribution in [3.05, 3.63) is 34.6 Å². The Morgan fingerprint density at radius 2 is 2.00 bits per heavy atom. The van der Waals surface area contributed by atoms with E-state index < -0.39 is 17.8 Å². The lowest BCUT2D eigenvalue weighted by atomic mass is 10.2. The van der Waals surface area contributed by atoms with Gasteiger partial charge < -0.3 is 10.6 Å². The van der Waals surface area contributed by atoms with Gasteiger partial charge >= 0.3 is 0 Å². The summed E-state index contributed by atoms with van der Waals surface area (Å²) in [6.45, 7) is 1.69. The minimum absolute atomic E-state index is 0.0266. The highest BCUT2D eigenvalue weighted by Gasteiger charge is 2.23. The predicted octanol–water partition coefficient (Wildman–Crippen LogP) is 1.24. The summed E-state index contributed by atoms with van der Waals surface area (Å²) < 4.78 is 13.7. The minimum atomic E-state index is -0.548. The minimum Gasteiger partial charge on any atom is -0.369 e. The van der Waals surface area contributed by atoms with E-state index in [1.165, 1.54) is 21.9 Å². The van der Waals surface area contributed by atoms with Crippen molar-refractivity contribution in [3.63, 3.8) is 0 Å². The summed E-state index contributed by atoms with van der Waals surface area (Å²) in [6.07, 6.45) is 0. The molecule has 21 heavy (non-hydrogen) atoms. The number of halogens is 2. The molecule has 1 atom stereocenters. The second-order valence-electron chi connectivity index (χ2n) is 4.95. The molecule has 0 fully saturated rings. The van der Waals surface area contributed by atoms with Gasteiger partial charge in [-0.05, 0) is 26.1 Å². The van der Waals surface area contributed by atoms with Gasteiger partial charge in [-0.3, -0.25) is 14.5 Å². The van der Waals surface area contributed by atoms with E-state index in [0.29, 0.717) is 0 Å². The first-order chi connectivity index (χ1) is 9.73. The summed E-state index contributed by atoms with van der Waals surface area (Å²) in [5.41, 5.74) is 5.36. The molecular formula is C14H19ClFN3O2. The van der Waals surface area contributed by atoms with Crippen molar-refractivity contribution < 1.29 is 14.0 Å². The Hall–Kier alpha value is -1.66. The maximum Gasteiger partial charge on any atom is 0.239 e. The van der Waals surface area contributed by atoms with Gasteiger partial charge in [0.2, 0.25) is 11.8 Å². The van der Waals surface area contributed by atoms with Gasteiger partial charge in [-0.25, -0.2) is 4.39 Å². The number of hydrogen-bond donors (Lipinski definition) is 1. The molecular weight excluding hydrogens is 297 g/mol. The Morgan fingerprint density at radius 3 is 2.52 bits per heavy atom. The van der Waals surface area contributed by atoms with Crippen molar-refractivity contribution in [1.29, 1.82) is 0 Å². The lowest BCUT2D eigenvalue weighted by Gasteiger charge is -2.27. The van der Waals surface area contributed by atoms with Crippen LogP contribution < -0.4 is 5.73 Å². The lowest BCUT2D eigenvalue weighted by molar-refractivity contribution is -0.135. The van der Waals surface area contributed by atoms with Crippen LogP contribution in [0.15, 0.2) is 18.2 Å². The molecule has 7 heteroatoms. The SMILES string of the molecule is C[C@@H](C(=O)N(C)Cc1c(F)cccc1Cl)N(C)CC(N)=O. The molecule has 1 rings (SSSR count). The third-order valence-corrected chi connectivity index (χ3v) is 3.61. The smallest absolute Gasteiger partial charge is 0.239 e. The Bertz CT molecular complexity index is 519. The van der Waals surface area contributed by atoms with Crippen LogP contribution in [0.5, 0.6) is 0 Å². The predicted molar refractivity (Wildman–Crippen MR) is 79.2 cm³/mol. The first-order valence-electron chi connectivity index (χ1n) is 6.40. The van der Waals surface area contributed by atoms with Gasteiger partial charge in [0.05, 0.1) is 12.6 Å². The molecule has 0 aliphatic heterocycles. The molecule has 0 aliphatic rings. The van der Waals surface area contributed by atoms with Gasteiger partial charge in [-0.2, -0.15) is 0 Å². The van der Waals surface area contributed by atoms with Crippen LogP contribution in [0, 0.1) is 5.82 Å². The molecule has 0 spiro atoms. The van der Waals surface area contributed by atoms with E-state index in [1.807, 2.05) is 0 Å². The fourth-order valence-corrected chi connectivity index (χ4v) is 2.11. The highest BCUT2D eigenvalue weighted by molar-refractivity contribution is 6.31. The zero-order chi connectivity index (χ0) is 16.2. The molecule has 0 unspecified atom stereocenters. The van der Waals surface area contributed by atoms with Gasteiger partial charge in [-0.15, -0.1) is 0 Å². The molecule has 5 nitrogen and oxygen atoms in total. The molecule has 0 aliphatic carbocycles. The number of nitrogens with zero attached hydrogens (tertiary/aromatic N) is 2. The molecule has 1 aromatic carbocycles. The summed E-state index contributed by atoms with van der Waals surface area (Å²) in [5.74, 6) is -1.23. The first-order valence-corrected chi connectivity index (χ1v) is 6.78. The van der Waals surface area contributed by atoms with E-state index in [1.54, 1.807) is 27.1 Å². The molecule has 0 saturated carbocycles. The van der Waals surface area contributed by atoms with Crippen LogP contribution in [0.1, 0.15) is 12.5 Å². The number of primary amides is 1. The Labute approximate surface area is 128 Å². The summed E-state index contributed by atoms with van der Waals surface area (Å²) in [4.78, 5) is 26.0. The van der Waals surface area contributed by atoms with Crippen molar-refractivity contribution >= 4 is 23.4 Å². The van der Waals surface area contributed by atoms with Crippen molar-refractivity contribution in [2.24, 2.45) is 5.73 Å². The number of rotatable bonds is 6. The fourth-order valence-electron chi connectivity index (χ4n) is 1.89. The molecule has 1 aromatic rings. The van der Waals surface area contributed by atoms with E-state index in [-0.39, 0.29) is 29.6 Å². The summed E-state index contributed by atoms with van der Waals surface area (Å²) in [7, 11) is 3.18. The number of hydrogen-bond acceptors (Lipinski definition) is 3. The van der Waals surface area contributed by atoms with E-state index in [4.69, 9.17) is 17.3 Å². The molecule has 0 saturated heterocycles. The second kappa shape index (κ2) is 7.38. The van der Waals surface area contributed by atoms with Crippen molar-refractivity contribution in [1.82, 2.24) is 9.80 Å². The quantitative estimate of drug-likeness (QED) is 0.859. The number of likely N-dealkylation sites (N-methyl/N-ethyl adjacent to an activating group) is 2. The fraction of sp³-hybridized carbons (Fsp3) is 0.429. The topological polar surface area (TPSA) is 66.6 Å². The van der Waals surface area contributed by atoms with Gasteiger partial charge in [0.25, 0.3) is 0 Å². The average molecular weight is 316 g/mol. The number of carbonyl (C=O) groups excluding carboxylic acids is 2. The maximum absolute atomic E-state index is 13.7. The maximum atomic E-state index is 13.7. The van der Waals surface area contributed by atoms with E-state index in [2.05, 4.69) is 0 Å². The molecule has 0 radical (unpaired) electrons. The van der Waals surface area contributed by atoms with Crippen LogP contribution in [0.2, 0.25) is 5.02 Å². The largest absolute Gasteiger partial charge is 0.369 e. The normalized spacial score (nSPS) is 12.3. The number of nitrogens with two attached hydrogens (primary N) is 1. The average Bonchev–Trinajstić information content (AvgIpc) is 2.40. The third kappa shape index (κ3) is 4.68. The summed E-state index contributed by atoms with van der Waals surface area (Å²) >= 11 is 5.94. The van der Waals surface area contributed by atoms with Crippen molar-refractivity contribution in [2.75, 3.05) is 20.6 Å². The van der Waals surface area contributed by atoms with Crippen LogP contribution >= 0.6 is 11.6 Å². The molecule has 0 aromatic heterocycles. The lowest BCUT2D eigenvalue weighted by Crippen LogP contribution is -2.46. The first kappa shape index (κ1) is 17.4. The van der Waals surface area contributed by atoms with Crippen LogP contribution in [0.3, 0.4) is 0 Å². The van der Waals surface area contributed by atoms with Gasteiger partial charge in [0.1, 0.15) is 5.82 Å². The van der Waals surface area contributed by atoms with Crippen molar-refractivity contribution in [3.8, 4) is 0 Å². The van der Waals surface area contributed by atoms with Gasteiger partial charge in [-0.1, -0.05) is 17.7 Å². The molecule has 2 amide bonds. The monoisotopic (exact) mass is 315 g/mol. The van der Waals surface area contributed by atoms with E-state index >= 15 is 0 Å². The van der Waals surface area contributed by atoms with E-state index in [9.17, 15) is 14.0 Å². The van der Waals surface area contributed by atoms with Crippen molar-refractivity contribution in [2.45, 2.75) is 19.5 Å². The van der Waals surface area contributed by atoms with Crippen LogP contribution in [0.4, 0.5) is 4.39 Å². The standard InChI is InChI=1S/C14H19ClFN3O2/c1-9(18(2)8-13(17)20)14(21)19(3)7-10-11(15)5-4-6-12(10)16/h4-6,9H,7-8H2,1-3H3,(H2,17,20)/t9-/m0/s1. The Balaban J connectivity index is 2.77. The Morgan fingerprint density at radius 1 is 1.38 bits per heavy atom. The summed E-state index contributed by atoms with van der Waals surface area (Å²) in [5, 5.41) is 0.271. The number of carbonyl (C=O) groups is 2.